The third kappa shape index (κ3) is 7.41. The van der Waals surface area contributed by atoms with Gasteiger partial charge in [0.25, 0.3) is 5.88 Å². The lowest BCUT2D eigenvalue weighted by Gasteiger charge is -2.27. The summed E-state index contributed by atoms with van der Waals surface area (Å²) >= 11 is 1.26. The summed E-state index contributed by atoms with van der Waals surface area (Å²) in [5, 5.41) is 22.8. The Morgan fingerprint density at radius 1 is 0.841 bits per heavy atom. The Morgan fingerprint density at radius 2 is 1.57 bits per heavy atom. The Balaban J connectivity index is 0.000000584. The van der Waals surface area contributed by atoms with E-state index >= 15 is 0 Å². The molecule has 0 saturated heterocycles. The summed E-state index contributed by atoms with van der Waals surface area (Å²) in [7, 11) is 0. The maximum Gasteiger partial charge on any atom is 0.414 e. The molecule has 2 heterocycles. The van der Waals surface area contributed by atoms with E-state index in [0.29, 0.717) is 5.88 Å². The van der Waals surface area contributed by atoms with E-state index in [1.807, 2.05) is 0 Å². The number of carbonyl (C=O) groups is 2. The minimum Gasteiger partial charge on any atom is -0.475 e. The van der Waals surface area contributed by atoms with Crippen LogP contribution in [0.4, 0.5) is 0 Å². The van der Waals surface area contributed by atoms with Gasteiger partial charge in [-0.2, -0.15) is 4.37 Å². The van der Waals surface area contributed by atoms with Gasteiger partial charge in [-0.25, -0.2) is 9.59 Å². The van der Waals surface area contributed by atoms with E-state index in [4.69, 9.17) is 24.5 Å². The molecule has 1 aliphatic rings. The Bertz CT molecular complexity index is 1790. The molecule has 0 fully saturated rings. The van der Waals surface area contributed by atoms with E-state index in [-0.39, 0.29) is 0 Å². The van der Waals surface area contributed by atoms with E-state index in [2.05, 4.69) is 93.4 Å². The molecule has 44 heavy (non-hydrogen) atoms. The topological polar surface area (TPSA) is 113 Å². The van der Waals surface area contributed by atoms with Crippen molar-refractivity contribution in [1.82, 2.24) is 13.6 Å². The number of fused-ring (bicyclic) bond motifs is 5. The van der Waals surface area contributed by atoms with Crippen LogP contribution < -0.4 is 4.74 Å². The van der Waals surface area contributed by atoms with Crippen LogP contribution in [0.3, 0.4) is 0 Å². The van der Waals surface area contributed by atoms with Gasteiger partial charge in [-0.3, -0.25) is 4.90 Å². The third-order valence-electron chi connectivity index (χ3n) is 7.98. The molecule has 1 aromatic heterocycles. The van der Waals surface area contributed by atoms with Gasteiger partial charge in [0, 0.05) is 19.6 Å². The van der Waals surface area contributed by atoms with E-state index in [1.165, 1.54) is 74.4 Å². The van der Waals surface area contributed by atoms with Crippen molar-refractivity contribution in [2.45, 2.75) is 45.4 Å². The van der Waals surface area contributed by atoms with Gasteiger partial charge in [0.2, 0.25) is 0 Å². The van der Waals surface area contributed by atoms with Gasteiger partial charge in [-0.1, -0.05) is 99.0 Å². The van der Waals surface area contributed by atoms with Crippen molar-refractivity contribution in [3.05, 3.63) is 84.1 Å². The van der Waals surface area contributed by atoms with Crippen LogP contribution in [-0.2, 0) is 16.0 Å². The van der Waals surface area contributed by atoms with E-state index in [0.717, 1.165) is 51.2 Å². The fraction of sp³-hybridized carbons (Fsp3) is 0.314. The fourth-order valence-corrected chi connectivity index (χ4v) is 6.29. The predicted octanol–water partition coefficient (Wildman–Crippen LogP) is 7.44. The molecule has 228 valence electrons. The molecule has 6 rings (SSSR count). The number of carboxylic acids is 2. The quantitative estimate of drug-likeness (QED) is 0.0952. The van der Waals surface area contributed by atoms with Gasteiger partial charge in [0.1, 0.15) is 5.69 Å². The lowest BCUT2D eigenvalue weighted by atomic mass is 9.94. The molecule has 4 aromatic carbocycles. The van der Waals surface area contributed by atoms with Gasteiger partial charge < -0.3 is 14.9 Å². The maximum atomic E-state index is 9.10. The summed E-state index contributed by atoms with van der Waals surface area (Å²) in [6.07, 6.45) is 9.17. The molecule has 0 aliphatic carbocycles. The number of hydrogen-bond acceptors (Lipinski definition) is 7. The summed E-state index contributed by atoms with van der Waals surface area (Å²) < 4.78 is 15.1. The zero-order valence-corrected chi connectivity index (χ0v) is 25.7. The van der Waals surface area contributed by atoms with Crippen molar-refractivity contribution in [3.8, 4) is 5.88 Å². The van der Waals surface area contributed by atoms with Crippen molar-refractivity contribution < 1.29 is 24.5 Å². The maximum absolute atomic E-state index is 9.10. The second-order valence-corrected chi connectivity index (χ2v) is 11.5. The first-order valence-electron chi connectivity index (χ1n) is 15.1. The largest absolute Gasteiger partial charge is 0.475 e. The minimum atomic E-state index is -1.82. The van der Waals surface area contributed by atoms with Crippen LogP contribution in [-0.4, -0.2) is 62.0 Å². The van der Waals surface area contributed by atoms with Crippen molar-refractivity contribution in [3.63, 3.8) is 0 Å². The summed E-state index contributed by atoms with van der Waals surface area (Å²) in [5.74, 6) is -2.93. The van der Waals surface area contributed by atoms with Crippen LogP contribution >= 0.6 is 11.7 Å². The molecule has 0 bridgehead atoms. The van der Waals surface area contributed by atoms with Crippen LogP contribution in [0.1, 0.15) is 50.3 Å². The lowest BCUT2D eigenvalue weighted by molar-refractivity contribution is -0.159. The number of aromatic nitrogens is 2. The number of rotatable bonds is 10. The first-order valence-corrected chi connectivity index (χ1v) is 15.8. The van der Waals surface area contributed by atoms with Gasteiger partial charge in [0.15, 0.2) is 0 Å². The molecule has 0 amide bonds. The molecular formula is C35H37N3O5S. The zero-order chi connectivity index (χ0) is 30.9. The van der Waals surface area contributed by atoms with E-state index < -0.39 is 11.9 Å². The molecule has 9 heteroatoms. The molecule has 0 spiro atoms. The Labute approximate surface area is 260 Å². The molecular weight excluding hydrogens is 574 g/mol. The second kappa shape index (κ2) is 14.9. The van der Waals surface area contributed by atoms with Crippen molar-refractivity contribution in [1.29, 1.82) is 0 Å². The van der Waals surface area contributed by atoms with Crippen molar-refractivity contribution in [2.24, 2.45) is 0 Å². The highest BCUT2D eigenvalue weighted by Crippen LogP contribution is 2.33. The lowest BCUT2D eigenvalue weighted by Crippen LogP contribution is -2.31. The normalized spacial score (nSPS) is 13.4. The Kier molecular flexibility index (Phi) is 10.5. The summed E-state index contributed by atoms with van der Waals surface area (Å²) in [6, 6.07) is 24.6. The highest BCUT2D eigenvalue weighted by atomic mass is 32.1. The third-order valence-corrected chi connectivity index (χ3v) is 8.50. The van der Waals surface area contributed by atoms with E-state index in [9.17, 15) is 0 Å². The monoisotopic (exact) mass is 611 g/mol. The molecule has 2 N–H and O–H groups in total. The average Bonchev–Trinajstić information content (AvgIpc) is 3.52. The van der Waals surface area contributed by atoms with Gasteiger partial charge in [-0.05, 0) is 62.7 Å². The van der Waals surface area contributed by atoms with Crippen LogP contribution in [0.15, 0.2) is 72.8 Å². The highest BCUT2D eigenvalue weighted by molar-refractivity contribution is 6.99. The standard InChI is InChI=1S/C33H35N3OS.C2H2O4/c1-2-3-4-7-22-37-33-32(34-38-35-33)26-12-9-20-36(23-26)21-19-25-11-8-14-29-28(25)17-18-30-27-13-6-5-10-24(27)15-16-31(29)30;3-1(4)2(5)6/h5-6,8,10-18H,2-4,7,9,19-23H2,1H3;(H,3,4)(H,5,6). The number of unbranched alkanes of at least 4 members (excludes halogenated alkanes) is 3. The summed E-state index contributed by atoms with van der Waals surface area (Å²) in [5.41, 5.74) is 3.61. The summed E-state index contributed by atoms with van der Waals surface area (Å²) in [6.45, 7) is 5.96. The van der Waals surface area contributed by atoms with Crippen molar-refractivity contribution >= 4 is 61.6 Å². The molecule has 8 nitrogen and oxygen atoms in total. The molecule has 0 radical (unpaired) electrons. The zero-order valence-electron chi connectivity index (χ0n) is 24.9. The van der Waals surface area contributed by atoms with Gasteiger partial charge in [-0.15, -0.1) is 4.37 Å². The highest BCUT2D eigenvalue weighted by Gasteiger charge is 2.20. The molecule has 5 aromatic rings. The predicted molar refractivity (Wildman–Crippen MR) is 177 cm³/mol. The SMILES string of the molecule is CCCCCCOc1nsnc1C1=CCCN(CCc2cccc3c2ccc2c4ccccc4ccc32)C1.O=C(O)C(=O)O. The number of benzene rings is 4. The molecule has 0 unspecified atom stereocenters. The smallest absolute Gasteiger partial charge is 0.414 e. The number of ether oxygens (including phenoxy) is 1. The van der Waals surface area contributed by atoms with Crippen LogP contribution in [0, 0.1) is 0 Å². The number of carboxylic acid groups (broad SMARTS) is 2. The van der Waals surface area contributed by atoms with E-state index in [1.54, 1.807) is 0 Å². The van der Waals surface area contributed by atoms with Crippen LogP contribution in [0.5, 0.6) is 5.88 Å². The first kappa shape index (κ1) is 31.1. The van der Waals surface area contributed by atoms with Gasteiger partial charge >= 0.3 is 11.9 Å². The first-order chi connectivity index (χ1) is 21.5. The van der Waals surface area contributed by atoms with Crippen molar-refractivity contribution in [2.75, 3.05) is 26.2 Å². The Morgan fingerprint density at radius 3 is 2.39 bits per heavy atom. The minimum absolute atomic E-state index is 0.716. The number of aliphatic carboxylic acids is 2. The van der Waals surface area contributed by atoms with Crippen LogP contribution in [0.25, 0.3) is 37.9 Å². The summed E-state index contributed by atoms with van der Waals surface area (Å²) in [4.78, 5) is 20.7. The molecule has 0 atom stereocenters. The second-order valence-electron chi connectivity index (χ2n) is 10.9. The molecule has 1 aliphatic heterocycles. The molecule has 0 saturated carbocycles. The van der Waals surface area contributed by atoms with Gasteiger partial charge in [0.05, 0.1) is 18.3 Å². The number of nitrogens with zero attached hydrogens (tertiary/aromatic N) is 3. The Hall–Kier alpha value is -4.34. The number of hydrogen-bond donors (Lipinski definition) is 2. The average molecular weight is 612 g/mol. The fourth-order valence-electron chi connectivity index (χ4n) is 5.76. The van der Waals surface area contributed by atoms with Crippen LogP contribution in [0.2, 0.25) is 0 Å².